The van der Waals surface area contributed by atoms with Gasteiger partial charge in [-0.1, -0.05) is 6.08 Å². The van der Waals surface area contributed by atoms with Crippen LogP contribution in [0.4, 0.5) is 5.69 Å². The van der Waals surface area contributed by atoms with Gasteiger partial charge in [-0.15, -0.1) is 0 Å². The number of sulfonamides is 1. The van der Waals surface area contributed by atoms with Gasteiger partial charge in [-0.2, -0.15) is 4.31 Å². The number of carbonyl (C=O) groups excluding carboxylic acids is 1. The highest BCUT2D eigenvalue weighted by Crippen LogP contribution is 2.31. The molecule has 1 N–H and O–H groups in total. The minimum absolute atomic E-state index is 0.0896. The van der Waals surface area contributed by atoms with E-state index in [1.807, 2.05) is 24.4 Å². The van der Waals surface area contributed by atoms with Crippen molar-refractivity contribution >= 4 is 38.2 Å². The molecule has 30 heavy (non-hydrogen) atoms. The molecule has 2 aliphatic rings. The lowest BCUT2D eigenvalue weighted by Crippen LogP contribution is -2.34. The average Bonchev–Trinajstić information content (AvgIpc) is 3.40. The topological polar surface area (TPSA) is 86.4 Å². The van der Waals surface area contributed by atoms with E-state index in [0.29, 0.717) is 32.5 Å². The third-order valence-corrected chi connectivity index (χ3v) is 7.71. The van der Waals surface area contributed by atoms with E-state index in [0.717, 1.165) is 34.3 Å². The highest BCUT2D eigenvalue weighted by atomic mass is 32.2. The summed E-state index contributed by atoms with van der Waals surface area (Å²) in [6.07, 6.45) is 7.70. The highest BCUT2D eigenvalue weighted by Gasteiger charge is 2.28. The first-order chi connectivity index (χ1) is 14.5. The quantitative estimate of drug-likeness (QED) is 0.700. The number of aromatic amines is 1. The van der Waals surface area contributed by atoms with Gasteiger partial charge >= 0.3 is 0 Å². The molecule has 3 aromatic rings. The van der Waals surface area contributed by atoms with Gasteiger partial charge in [0, 0.05) is 55.1 Å². The Morgan fingerprint density at radius 1 is 1.03 bits per heavy atom. The Balaban J connectivity index is 1.35. The van der Waals surface area contributed by atoms with Crippen molar-refractivity contribution < 1.29 is 13.2 Å². The molecule has 0 radical (unpaired) electrons. The van der Waals surface area contributed by atoms with E-state index >= 15 is 0 Å². The van der Waals surface area contributed by atoms with Crippen molar-refractivity contribution in [3.8, 4) is 0 Å². The highest BCUT2D eigenvalue weighted by molar-refractivity contribution is 7.89. The summed E-state index contributed by atoms with van der Waals surface area (Å²) in [4.78, 5) is 21.4. The summed E-state index contributed by atoms with van der Waals surface area (Å²) in [7, 11) is -3.59. The molecule has 1 saturated heterocycles. The van der Waals surface area contributed by atoms with Crippen LogP contribution >= 0.6 is 0 Å². The van der Waals surface area contributed by atoms with Crippen LogP contribution in [0.25, 0.3) is 16.6 Å². The largest absolute Gasteiger partial charge is 0.346 e. The Kier molecular flexibility index (Phi) is 4.67. The number of carbonyl (C=O) groups is 1. The van der Waals surface area contributed by atoms with Gasteiger partial charge in [0.15, 0.2) is 0 Å². The summed E-state index contributed by atoms with van der Waals surface area (Å²) in [6, 6.07) is 10.6. The molecule has 0 unspecified atom stereocenters. The van der Waals surface area contributed by atoms with Crippen LogP contribution in [0.1, 0.15) is 24.8 Å². The molecule has 0 bridgehead atoms. The normalized spacial score (nSPS) is 18.2. The van der Waals surface area contributed by atoms with Crippen LogP contribution in [-0.2, 0) is 14.8 Å². The SMILES string of the molecule is O=C1CCCN1c1ccc(S(=O)(=O)N2CC=C(c3c[nH]c4ncccc34)CC2)cc1. The maximum absolute atomic E-state index is 13.1. The van der Waals surface area contributed by atoms with E-state index in [-0.39, 0.29) is 10.8 Å². The lowest BCUT2D eigenvalue weighted by atomic mass is 10.0. The first-order valence-electron chi connectivity index (χ1n) is 10.1. The number of anilines is 1. The number of rotatable bonds is 4. The van der Waals surface area contributed by atoms with Gasteiger partial charge in [0.2, 0.25) is 15.9 Å². The number of benzene rings is 1. The molecule has 0 atom stereocenters. The lowest BCUT2D eigenvalue weighted by Gasteiger charge is -2.26. The summed E-state index contributed by atoms with van der Waals surface area (Å²) in [5.41, 5.74) is 3.80. The second-order valence-electron chi connectivity index (χ2n) is 7.59. The molecular formula is C22H22N4O3S. The van der Waals surface area contributed by atoms with Gasteiger partial charge in [0.25, 0.3) is 0 Å². The summed E-state index contributed by atoms with van der Waals surface area (Å²) < 4.78 is 27.7. The van der Waals surface area contributed by atoms with Gasteiger partial charge in [-0.05, 0) is 54.8 Å². The number of aromatic nitrogens is 2. The number of hydrogen-bond acceptors (Lipinski definition) is 4. The zero-order chi connectivity index (χ0) is 20.7. The van der Waals surface area contributed by atoms with Crippen LogP contribution in [0.5, 0.6) is 0 Å². The molecule has 154 valence electrons. The molecule has 2 aromatic heterocycles. The zero-order valence-corrected chi connectivity index (χ0v) is 17.2. The number of nitrogens with zero attached hydrogens (tertiary/aromatic N) is 3. The molecule has 4 heterocycles. The van der Waals surface area contributed by atoms with Crippen molar-refractivity contribution in [1.82, 2.24) is 14.3 Å². The van der Waals surface area contributed by atoms with Crippen LogP contribution < -0.4 is 4.90 Å². The number of pyridine rings is 1. The molecule has 8 heteroatoms. The molecule has 0 saturated carbocycles. The summed E-state index contributed by atoms with van der Waals surface area (Å²) >= 11 is 0. The van der Waals surface area contributed by atoms with Crippen LogP contribution in [0, 0.1) is 0 Å². The van der Waals surface area contributed by atoms with Gasteiger partial charge in [-0.25, -0.2) is 13.4 Å². The monoisotopic (exact) mass is 422 g/mol. The average molecular weight is 423 g/mol. The van der Waals surface area contributed by atoms with Crippen LogP contribution in [0.3, 0.4) is 0 Å². The smallest absolute Gasteiger partial charge is 0.243 e. The maximum atomic E-state index is 13.1. The Hall–Kier alpha value is -2.97. The predicted molar refractivity (Wildman–Crippen MR) is 115 cm³/mol. The molecule has 1 fully saturated rings. The fourth-order valence-corrected chi connectivity index (χ4v) is 5.58. The first-order valence-corrected chi connectivity index (χ1v) is 11.5. The van der Waals surface area contributed by atoms with Crippen molar-refractivity contribution in [2.75, 3.05) is 24.5 Å². The van der Waals surface area contributed by atoms with Gasteiger partial charge in [0.1, 0.15) is 5.65 Å². The van der Waals surface area contributed by atoms with E-state index in [1.54, 1.807) is 35.4 Å². The van der Waals surface area contributed by atoms with Crippen LogP contribution in [0.15, 0.2) is 59.8 Å². The molecule has 1 amide bonds. The van der Waals surface area contributed by atoms with Crippen molar-refractivity contribution in [2.45, 2.75) is 24.2 Å². The third kappa shape index (κ3) is 3.22. The Bertz CT molecular complexity index is 1240. The molecule has 0 aliphatic carbocycles. The van der Waals surface area contributed by atoms with E-state index in [2.05, 4.69) is 9.97 Å². The van der Waals surface area contributed by atoms with Crippen molar-refractivity contribution in [3.63, 3.8) is 0 Å². The molecule has 7 nitrogen and oxygen atoms in total. The molecular weight excluding hydrogens is 400 g/mol. The molecule has 2 aliphatic heterocycles. The fraction of sp³-hybridized carbons (Fsp3) is 0.273. The number of H-pyrrole nitrogens is 1. The summed E-state index contributed by atoms with van der Waals surface area (Å²) in [5, 5.41) is 1.05. The van der Waals surface area contributed by atoms with E-state index in [1.165, 1.54) is 4.31 Å². The number of fused-ring (bicyclic) bond motifs is 1. The Morgan fingerprint density at radius 2 is 1.87 bits per heavy atom. The standard InChI is InChI=1S/C22H22N4O3S/c27-21-4-2-12-26(21)17-5-7-18(8-6-17)30(28,29)25-13-9-16(10-14-25)20-15-24-22-19(20)3-1-11-23-22/h1,3,5-9,11,15H,2,4,10,12-14H2,(H,23,24). The van der Waals surface area contributed by atoms with E-state index in [9.17, 15) is 13.2 Å². The van der Waals surface area contributed by atoms with Crippen LogP contribution in [-0.4, -0.2) is 48.2 Å². The predicted octanol–water partition coefficient (Wildman–Crippen LogP) is 3.17. The summed E-state index contributed by atoms with van der Waals surface area (Å²) in [5.74, 6) is 0.0896. The molecule has 0 spiro atoms. The second-order valence-corrected chi connectivity index (χ2v) is 9.53. The molecule has 1 aromatic carbocycles. The third-order valence-electron chi connectivity index (χ3n) is 5.83. The second kappa shape index (κ2) is 7.37. The van der Waals surface area contributed by atoms with Crippen molar-refractivity contribution in [3.05, 3.63) is 60.4 Å². The van der Waals surface area contributed by atoms with Crippen molar-refractivity contribution in [1.29, 1.82) is 0 Å². The zero-order valence-electron chi connectivity index (χ0n) is 16.4. The number of amides is 1. The van der Waals surface area contributed by atoms with Gasteiger partial charge in [0.05, 0.1) is 4.90 Å². The first kappa shape index (κ1) is 19.0. The Labute approximate surface area is 175 Å². The van der Waals surface area contributed by atoms with Crippen molar-refractivity contribution in [2.24, 2.45) is 0 Å². The van der Waals surface area contributed by atoms with Crippen LogP contribution in [0.2, 0.25) is 0 Å². The fourth-order valence-electron chi connectivity index (χ4n) is 4.20. The number of nitrogens with one attached hydrogen (secondary N) is 1. The minimum Gasteiger partial charge on any atom is -0.346 e. The van der Waals surface area contributed by atoms with Gasteiger partial charge < -0.3 is 9.88 Å². The lowest BCUT2D eigenvalue weighted by molar-refractivity contribution is -0.117. The van der Waals surface area contributed by atoms with E-state index < -0.39 is 10.0 Å². The minimum atomic E-state index is -3.59. The summed E-state index contributed by atoms with van der Waals surface area (Å²) in [6.45, 7) is 1.44. The molecule has 5 rings (SSSR count). The number of hydrogen-bond donors (Lipinski definition) is 1. The van der Waals surface area contributed by atoms with E-state index in [4.69, 9.17) is 0 Å². The maximum Gasteiger partial charge on any atom is 0.243 e. The Morgan fingerprint density at radius 3 is 2.57 bits per heavy atom. The van der Waals surface area contributed by atoms with Gasteiger partial charge in [-0.3, -0.25) is 4.79 Å².